The third-order valence-corrected chi connectivity index (χ3v) is 7.56. The van der Waals surface area contributed by atoms with Crippen LogP contribution in [0.3, 0.4) is 0 Å². The van der Waals surface area contributed by atoms with Gasteiger partial charge in [-0.15, -0.1) is 0 Å². The predicted molar refractivity (Wildman–Crippen MR) is 108 cm³/mol. The minimum absolute atomic E-state index is 0.314. The van der Waals surface area contributed by atoms with E-state index in [0.29, 0.717) is 51.7 Å². The molecule has 2 aromatic rings. The van der Waals surface area contributed by atoms with Crippen LogP contribution in [-0.4, -0.2) is 38.9 Å². The Labute approximate surface area is 169 Å². The maximum atomic E-state index is 13.1. The molecule has 0 aromatic heterocycles. The van der Waals surface area contributed by atoms with E-state index in [1.165, 1.54) is 4.31 Å². The van der Waals surface area contributed by atoms with E-state index in [-0.39, 0.29) is 0 Å². The summed E-state index contributed by atoms with van der Waals surface area (Å²) in [6.45, 7) is 5.43. The van der Waals surface area contributed by atoms with Gasteiger partial charge in [-0.3, -0.25) is 0 Å². The average molecular weight is 434 g/mol. The van der Waals surface area contributed by atoms with Crippen molar-refractivity contribution >= 4 is 50.5 Å². The van der Waals surface area contributed by atoms with E-state index in [2.05, 4.69) is 4.90 Å². The lowest BCUT2D eigenvalue weighted by molar-refractivity contribution is 0.384. The molecule has 1 aliphatic rings. The van der Waals surface area contributed by atoms with Gasteiger partial charge in [-0.05, 0) is 55.3 Å². The van der Waals surface area contributed by atoms with Gasteiger partial charge in [0.1, 0.15) is 0 Å². The van der Waals surface area contributed by atoms with Crippen molar-refractivity contribution in [2.24, 2.45) is 0 Å². The molecule has 0 atom stereocenters. The molecular weight excluding hydrogens is 415 g/mol. The van der Waals surface area contributed by atoms with Crippen LogP contribution < -0.4 is 4.90 Å². The molecular formula is C18H19Cl3N2O2S. The molecule has 0 bridgehead atoms. The second kappa shape index (κ2) is 7.56. The van der Waals surface area contributed by atoms with Crippen LogP contribution in [-0.2, 0) is 10.0 Å². The smallest absolute Gasteiger partial charge is 0.243 e. The summed E-state index contributed by atoms with van der Waals surface area (Å²) < 4.78 is 27.6. The molecule has 1 aliphatic heterocycles. The van der Waals surface area contributed by atoms with E-state index in [0.717, 1.165) is 11.3 Å². The minimum atomic E-state index is -3.57. The predicted octanol–water partition coefficient (Wildman–Crippen LogP) is 4.77. The zero-order valence-electron chi connectivity index (χ0n) is 14.5. The van der Waals surface area contributed by atoms with Crippen molar-refractivity contribution in [2.75, 3.05) is 31.1 Å². The van der Waals surface area contributed by atoms with Crippen LogP contribution >= 0.6 is 34.8 Å². The zero-order chi connectivity index (χ0) is 19.1. The molecule has 1 fully saturated rings. The van der Waals surface area contributed by atoms with Gasteiger partial charge in [-0.1, -0.05) is 34.8 Å². The molecule has 1 heterocycles. The van der Waals surface area contributed by atoms with Gasteiger partial charge < -0.3 is 4.90 Å². The maximum absolute atomic E-state index is 13.1. The molecule has 0 unspecified atom stereocenters. The van der Waals surface area contributed by atoms with E-state index >= 15 is 0 Å². The molecule has 8 heteroatoms. The van der Waals surface area contributed by atoms with E-state index in [1.54, 1.807) is 44.2 Å². The molecule has 0 radical (unpaired) electrons. The number of nitrogens with zero attached hydrogens (tertiary/aromatic N) is 2. The fraction of sp³-hybridized carbons (Fsp3) is 0.333. The van der Waals surface area contributed by atoms with Crippen LogP contribution in [0.2, 0.25) is 15.1 Å². The molecule has 0 amide bonds. The van der Waals surface area contributed by atoms with Crippen LogP contribution in [0.5, 0.6) is 0 Å². The number of halogens is 3. The van der Waals surface area contributed by atoms with Crippen molar-refractivity contribution in [2.45, 2.75) is 18.7 Å². The van der Waals surface area contributed by atoms with Gasteiger partial charge in [-0.25, -0.2) is 8.42 Å². The summed E-state index contributed by atoms with van der Waals surface area (Å²) in [4.78, 5) is 2.37. The van der Waals surface area contributed by atoms with Crippen molar-refractivity contribution < 1.29 is 8.42 Å². The van der Waals surface area contributed by atoms with Gasteiger partial charge in [0.2, 0.25) is 10.0 Å². The van der Waals surface area contributed by atoms with Crippen molar-refractivity contribution in [3.8, 4) is 0 Å². The first-order valence-electron chi connectivity index (χ1n) is 8.17. The highest BCUT2D eigenvalue weighted by atomic mass is 35.5. The summed E-state index contributed by atoms with van der Waals surface area (Å²) in [5, 5.41) is 1.78. The summed E-state index contributed by atoms with van der Waals surface area (Å²) in [6.07, 6.45) is 0. The summed E-state index contributed by atoms with van der Waals surface area (Å²) in [5.74, 6) is 0. The second-order valence-corrected chi connectivity index (χ2v) is 9.51. The Morgan fingerprint density at radius 2 is 1.50 bits per heavy atom. The van der Waals surface area contributed by atoms with Gasteiger partial charge in [0.15, 0.2) is 0 Å². The van der Waals surface area contributed by atoms with E-state index in [1.807, 2.05) is 0 Å². The standard InChI is InChI=1S/C18H19Cl3N2O2S/c1-12-10-18(13(2)9-16(12)21)26(24,25)23-7-5-22(6-8-23)17-11-14(19)3-4-15(17)20/h3-4,9-11H,5-8H2,1-2H3. The Morgan fingerprint density at radius 1 is 0.846 bits per heavy atom. The summed E-state index contributed by atoms with van der Waals surface area (Å²) >= 11 is 18.4. The minimum Gasteiger partial charge on any atom is -0.368 e. The lowest BCUT2D eigenvalue weighted by Crippen LogP contribution is -2.48. The molecule has 0 aliphatic carbocycles. The molecule has 140 valence electrons. The fourth-order valence-corrected chi connectivity index (χ4v) is 5.40. The average Bonchev–Trinajstić information content (AvgIpc) is 2.60. The van der Waals surface area contributed by atoms with Gasteiger partial charge in [0.25, 0.3) is 0 Å². The molecule has 0 N–H and O–H groups in total. The van der Waals surface area contributed by atoms with Crippen LogP contribution in [0, 0.1) is 13.8 Å². The van der Waals surface area contributed by atoms with Crippen molar-refractivity contribution in [1.82, 2.24) is 4.31 Å². The van der Waals surface area contributed by atoms with Gasteiger partial charge >= 0.3 is 0 Å². The lowest BCUT2D eigenvalue weighted by Gasteiger charge is -2.36. The Kier molecular flexibility index (Phi) is 5.75. The monoisotopic (exact) mass is 432 g/mol. The molecule has 3 rings (SSSR count). The normalized spacial score (nSPS) is 16.1. The fourth-order valence-electron chi connectivity index (χ4n) is 3.07. The first kappa shape index (κ1) is 19.8. The van der Waals surface area contributed by atoms with Gasteiger partial charge in [0.05, 0.1) is 15.6 Å². The third kappa shape index (κ3) is 3.82. The Morgan fingerprint density at radius 3 is 2.15 bits per heavy atom. The first-order valence-corrected chi connectivity index (χ1v) is 10.7. The van der Waals surface area contributed by atoms with Crippen LogP contribution in [0.1, 0.15) is 11.1 Å². The van der Waals surface area contributed by atoms with E-state index in [9.17, 15) is 8.42 Å². The SMILES string of the molecule is Cc1cc(S(=O)(=O)N2CCN(c3cc(Cl)ccc3Cl)CC2)c(C)cc1Cl. The third-order valence-electron chi connectivity index (χ3n) is 4.56. The zero-order valence-corrected chi connectivity index (χ0v) is 17.6. The number of benzene rings is 2. The molecule has 0 spiro atoms. The lowest BCUT2D eigenvalue weighted by atomic mass is 10.2. The van der Waals surface area contributed by atoms with Crippen molar-refractivity contribution in [3.05, 3.63) is 56.5 Å². The number of hydrogen-bond donors (Lipinski definition) is 0. The van der Waals surface area contributed by atoms with Crippen LogP contribution in [0.25, 0.3) is 0 Å². The molecule has 0 saturated carbocycles. The summed E-state index contributed by atoms with van der Waals surface area (Å²) in [6, 6.07) is 8.64. The van der Waals surface area contributed by atoms with Crippen molar-refractivity contribution in [1.29, 1.82) is 0 Å². The van der Waals surface area contributed by atoms with Gasteiger partial charge in [-0.2, -0.15) is 4.31 Å². The summed E-state index contributed by atoms with van der Waals surface area (Å²) in [7, 11) is -3.57. The number of anilines is 1. The molecule has 2 aromatic carbocycles. The van der Waals surface area contributed by atoms with Crippen molar-refractivity contribution in [3.63, 3.8) is 0 Å². The number of aryl methyl sites for hydroxylation is 2. The highest BCUT2D eigenvalue weighted by molar-refractivity contribution is 7.89. The van der Waals surface area contributed by atoms with Crippen LogP contribution in [0.15, 0.2) is 35.2 Å². The number of piperazine rings is 1. The number of hydrogen-bond acceptors (Lipinski definition) is 3. The quantitative estimate of drug-likeness (QED) is 0.700. The Hall–Kier alpha value is -0.980. The molecule has 4 nitrogen and oxygen atoms in total. The number of rotatable bonds is 3. The van der Waals surface area contributed by atoms with E-state index in [4.69, 9.17) is 34.8 Å². The second-order valence-electron chi connectivity index (χ2n) is 6.35. The van der Waals surface area contributed by atoms with Crippen LogP contribution in [0.4, 0.5) is 5.69 Å². The highest BCUT2D eigenvalue weighted by Gasteiger charge is 2.30. The highest BCUT2D eigenvalue weighted by Crippen LogP contribution is 2.31. The molecule has 26 heavy (non-hydrogen) atoms. The largest absolute Gasteiger partial charge is 0.368 e. The Bertz CT molecular complexity index is 940. The topological polar surface area (TPSA) is 40.6 Å². The Balaban J connectivity index is 1.81. The first-order chi connectivity index (χ1) is 12.2. The van der Waals surface area contributed by atoms with Gasteiger partial charge in [0, 0.05) is 36.2 Å². The molecule has 1 saturated heterocycles. The van der Waals surface area contributed by atoms with E-state index < -0.39 is 10.0 Å². The number of sulfonamides is 1. The summed E-state index contributed by atoms with van der Waals surface area (Å²) in [5.41, 5.74) is 2.23. The maximum Gasteiger partial charge on any atom is 0.243 e.